The van der Waals surface area contributed by atoms with Gasteiger partial charge in [-0.2, -0.15) is 10.2 Å². The molecule has 0 saturated heterocycles. The number of hydrogen-bond acceptors (Lipinski definition) is 4. The molecular weight excluding hydrogens is 316 g/mol. The van der Waals surface area contributed by atoms with Crippen molar-refractivity contribution in [1.29, 1.82) is 0 Å². The van der Waals surface area contributed by atoms with Crippen LogP contribution in [0.2, 0.25) is 0 Å². The summed E-state index contributed by atoms with van der Waals surface area (Å²) >= 11 is 0. The van der Waals surface area contributed by atoms with Crippen LogP contribution in [0.5, 0.6) is 5.75 Å². The molecule has 0 fully saturated rings. The van der Waals surface area contributed by atoms with Gasteiger partial charge in [-0.1, -0.05) is 37.5 Å². The number of nitrogens with zero attached hydrogens (tertiary/aromatic N) is 2. The molecule has 0 heterocycles. The average molecular weight is 340 g/mol. The lowest BCUT2D eigenvalue weighted by Crippen LogP contribution is -1.97. The molecular formula is C20H24N2O3. The standard InChI is InChI=1S/C20H24N2O3/c23-20(24)11-7-2-1-3-8-16-25-19-14-12-18(13-15-19)22-21-17-9-5-4-6-10-17/h4-6,9-10,12-15H,1-3,7-8,11,16H2,(H,23,24). The zero-order chi connectivity index (χ0) is 17.7. The molecule has 0 aromatic heterocycles. The highest BCUT2D eigenvalue weighted by Gasteiger charge is 1.98. The fourth-order valence-electron chi connectivity index (χ4n) is 2.32. The van der Waals surface area contributed by atoms with Crippen molar-refractivity contribution < 1.29 is 14.6 Å². The number of carboxylic acids is 1. The Labute approximate surface area is 148 Å². The highest BCUT2D eigenvalue weighted by atomic mass is 16.5. The Morgan fingerprint density at radius 1 is 0.800 bits per heavy atom. The SMILES string of the molecule is O=C(O)CCCCCCCOc1ccc(N=Nc2ccccc2)cc1. The Balaban J connectivity index is 1.62. The minimum atomic E-state index is -0.713. The number of rotatable bonds is 11. The van der Waals surface area contributed by atoms with Crippen molar-refractivity contribution in [3.05, 3.63) is 54.6 Å². The smallest absolute Gasteiger partial charge is 0.303 e. The minimum absolute atomic E-state index is 0.268. The first kappa shape index (κ1) is 18.6. The third-order valence-electron chi connectivity index (χ3n) is 3.68. The maximum Gasteiger partial charge on any atom is 0.303 e. The van der Waals surface area contributed by atoms with Gasteiger partial charge in [-0.25, -0.2) is 0 Å². The van der Waals surface area contributed by atoms with Crippen molar-refractivity contribution in [2.24, 2.45) is 10.2 Å². The van der Waals surface area contributed by atoms with E-state index in [9.17, 15) is 4.79 Å². The van der Waals surface area contributed by atoms with Crippen LogP contribution < -0.4 is 4.74 Å². The molecule has 0 unspecified atom stereocenters. The summed E-state index contributed by atoms with van der Waals surface area (Å²) in [4.78, 5) is 10.4. The van der Waals surface area contributed by atoms with Crippen LogP contribution in [-0.2, 0) is 4.79 Å². The van der Waals surface area contributed by atoms with Gasteiger partial charge < -0.3 is 9.84 Å². The van der Waals surface area contributed by atoms with E-state index in [-0.39, 0.29) is 6.42 Å². The van der Waals surface area contributed by atoms with E-state index in [1.807, 2.05) is 54.6 Å². The molecule has 5 heteroatoms. The first-order chi connectivity index (χ1) is 12.2. The summed E-state index contributed by atoms with van der Waals surface area (Å²) < 4.78 is 5.70. The van der Waals surface area contributed by atoms with Crippen LogP contribution in [0.3, 0.4) is 0 Å². The Kier molecular flexibility index (Phi) is 8.18. The van der Waals surface area contributed by atoms with Crippen LogP contribution in [0.25, 0.3) is 0 Å². The van der Waals surface area contributed by atoms with Gasteiger partial charge in [0.1, 0.15) is 5.75 Å². The first-order valence-corrected chi connectivity index (χ1v) is 8.65. The quantitative estimate of drug-likeness (QED) is 0.408. The van der Waals surface area contributed by atoms with Gasteiger partial charge >= 0.3 is 5.97 Å². The van der Waals surface area contributed by atoms with Crippen molar-refractivity contribution in [2.45, 2.75) is 38.5 Å². The van der Waals surface area contributed by atoms with Gasteiger partial charge in [0.2, 0.25) is 0 Å². The van der Waals surface area contributed by atoms with Crippen LogP contribution in [-0.4, -0.2) is 17.7 Å². The summed E-state index contributed by atoms with van der Waals surface area (Å²) in [5, 5.41) is 16.9. The Bertz CT molecular complexity index is 654. The Hall–Kier alpha value is -2.69. The summed E-state index contributed by atoms with van der Waals surface area (Å²) in [5.74, 6) is 0.111. The third-order valence-corrected chi connectivity index (χ3v) is 3.68. The number of unbranched alkanes of at least 4 members (excludes halogenated alkanes) is 4. The molecule has 0 bridgehead atoms. The summed E-state index contributed by atoms with van der Waals surface area (Å²) in [5.41, 5.74) is 1.61. The lowest BCUT2D eigenvalue weighted by molar-refractivity contribution is -0.137. The van der Waals surface area contributed by atoms with Gasteiger partial charge in [-0.15, -0.1) is 0 Å². The summed E-state index contributed by atoms with van der Waals surface area (Å²) in [6.45, 7) is 0.670. The van der Waals surface area contributed by atoms with Gasteiger partial charge in [0.25, 0.3) is 0 Å². The summed E-state index contributed by atoms with van der Waals surface area (Å²) in [6, 6.07) is 17.2. The largest absolute Gasteiger partial charge is 0.494 e. The molecule has 0 aliphatic carbocycles. The molecule has 0 aliphatic heterocycles. The van der Waals surface area contributed by atoms with Crippen molar-refractivity contribution in [3.8, 4) is 5.75 Å². The second kappa shape index (κ2) is 11.0. The number of benzene rings is 2. The molecule has 25 heavy (non-hydrogen) atoms. The highest BCUT2D eigenvalue weighted by Crippen LogP contribution is 2.21. The van der Waals surface area contributed by atoms with Crippen LogP contribution in [0.4, 0.5) is 11.4 Å². The van der Waals surface area contributed by atoms with E-state index < -0.39 is 5.97 Å². The van der Waals surface area contributed by atoms with E-state index in [0.29, 0.717) is 6.61 Å². The van der Waals surface area contributed by atoms with Gasteiger partial charge in [-0.05, 0) is 49.2 Å². The zero-order valence-electron chi connectivity index (χ0n) is 14.3. The number of hydrogen-bond donors (Lipinski definition) is 1. The van der Waals surface area contributed by atoms with E-state index >= 15 is 0 Å². The predicted octanol–water partition coefficient (Wildman–Crippen LogP) is 5.91. The second-order valence-electron chi connectivity index (χ2n) is 5.79. The summed E-state index contributed by atoms with van der Waals surface area (Å²) in [7, 11) is 0. The molecule has 2 aromatic carbocycles. The number of azo groups is 1. The van der Waals surface area contributed by atoms with Gasteiger partial charge in [-0.3, -0.25) is 4.79 Å². The molecule has 0 radical (unpaired) electrons. The molecule has 132 valence electrons. The van der Waals surface area contributed by atoms with Crippen LogP contribution in [0.15, 0.2) is 64.8 Å². The van der Waals surface area contributed by atoms with E-state index in [4.69, 9.17) is 9.84 Å². The molecule has 0 spiro atoms. The van der Waals surface area contributed by atoms with E-state index in [2.05, 4.69) is 10.2 Å². The van der Waals surface area contributed by atoms with Crippen LogP contribution >= 0.6 is 0 Å². The van der Waals surface area contributed by atoms with Gasteiger partial charge in [0.15, 0.2) is 0 Å². The molecule has 0 amide bonds. The molecule has 0 aliphatic rings. The first-order valence-electron chi connectivity index (χ1n) is 8.65. The monoisotopic (exact) mass is 340 g/mol. The Morgan fingerprint density at radius 3 is 2.08 bits per heavy atom. The fourth-order valence-corrected chi connectivity index (χ4v) is 2.32. The lowest BCUT2D eigenvalue weighted by atomic mass is 10.1. The van der Waals surface area contributed by atoms with Gasteiger partial charge in [0, 0.05) is 6.42 Å². The third kappa shape index (κ3) is 8.11. The Morgan fingerprint density at radius 2 is 1.40 bits per heavy atom. The molecule has 2 aromatic rings. The molecule has 1 N–H and O–H groups in total. The molecule has 0 atom stereocenters. The highest BCUT2D eigenvalue weighted by molar-refractivity contribution is 5.66. The zero-order valence-corrected chi connectivity index (χ0v) is 14.3. The van der Waals surface area contributed by atoms with Crippen molar-refractivity contribution >= 4 is 17.3 Å². The van der Waals surface area contributed by atoms with E-state index in [0.717, 1.165) is 49.2 Å². The maximum atomic E-state index is 10.4. The number of carboxylic acid groups (broad SMARTS) is 1. The second-order valence-corrected chi connectivity index (χ2v) is 5.79. The van der Waals surface area contributed by atoms with Crippen LogP contribution in [0, 0.1) is 0 Å². The maximum absolute atomic E-state index is 10.4. The molecule has 2 rings (SSSR count). The predicted molar refractivity (Wildman–Crippen MR) is 97.9 cm³/mol. The van der Waals surface area contributed by atoms with Crippen molar-refractivity contribution in [3.63, 3.8) is 0 Å². The minimum Gasteiger partial charge on any atom is -0.494 e. The van der Waals surface area contributed by atoms with Crippen molar-refractivity contribution in [2.75, 3.05) is 6.61 Å². The lowest BCUT2D eigenvalue weighted by Gasteiger charge is -2.06. The number of ether oxygens (including phenoxy) is 1. The van der Waals surface area contributed by atoms with E-state index in [1.165, 1.54) is 0 Å². The average Bonchev–Trinajstić information content (AvgIpc) is 2.64. The van der Waals surface area contributed by atoms with Gasteiger partial charge in [0.05, 0.1) is 18.0 Å². The number of carbonyl (C=O) groups is 1. The molecule has 5 nitrogen and oxygen atoms in total. The van der Waals surface area contributed by atoms with Crippen molar-refractivity contribution in [1.82, 2.24) is 0 Å². The topological polar surface area (TPSA) is 71.2 Å². The fraction of sp³-hybridized carbons (Fsp3) is 0.350. The van der Waals surface area contributed by atoms with E-state index in [1.54, 1.807) is 0 Å². The number of aliphatic carboxylic acids is 1. The molecule has 0 saturated carbocycles. The summed E-state index contributed by atoms with van der Waals surface area (Å²) in [6.07, 6.45) is 5.08. The normalized spacial score (nSPS) is 10.9. The van der Waals surface area contributed by atoms with Crippen LogP contribution in [0.1, 0.15) is 38.5 Å².